The van der Waals surface area contributed by atoms with Gasteiger partial charge in [-0.2, -0.15) is 36.0 Å². The molecule has 0 radical (unpaired) electrons. The molecule has 0 aliphatic carbocycles. The van der Waals surface area contributed by atoms with E-state index in [2.05, 4.69) is 17.9 Å². The smallest absolute Gasteiger partial charge is 0.416 e. The van der Waals surface area contributed by atoms with Crippen molar-refractivity contribution >= 4 is 21.9 Å². The molecule has 0 saturated carbocycles. The molecule has 3 N–H and O–H groups in total. The Morgan fingerprint density at radius 3 is 2.25 bits per heavy atom. The molecule has 5 nitrogen and oxygen atoms in total. The number of nitrogens with two attached hydrogens (primary N) is 1. The van der Waals surface area contributed by atoms with Crippen molar-refractivity contribution in [3.05, 3.63) is 69.8 Å². The van der Waals surface area contributed by atoms with Gasteiger partial charge in [-0.25, -0.2) is 0 Å². The van der Waals surface area contributed by atoms with Gasteiger partial charge < -0.3 is 20.5 Å². The Labute approximate surface area is 236 Å². The van der Waals surface area contributed by atoms with E-state index in [0.717, 1.165) is 17.7 Å². The van der Waals surface area contributed by atoms with Crippen LogP contribution in [-0.4, -0.2) is 32.0 Å². The number of thiol groups is 1. The van der Waals surface area contributed by atoms with E-state index >= 15 is 0 Å². The molecule has 2 aromatic carbocycles. The Bertz CT molecular complexity index is 1140. The summed E-state index contributed by atoms with van der Waals surface area (Å²) < 4.78 is 97.3. The third kappa shape index (κ3) is 13.1. The van der Waals surface area contributed by atoms with Crippen molar-refractivity contribution in [3.63, 3.8) is 0 Å². The van der Waals surface area contributed by atoms with Gasteiger partial charge in [-0.1, -0.05) is 33.9 Å². The minimum atomic E-state index is -4.21. The van der Waals surface area contributed by atoms with Crippen molar-refractivity contribution in [3.8, 4) is 17.6 Å². The van der Waals surface area contributed by atoms with Crippen LogP contribution in [0.25, 0.3) is 0 Å². The predicted molar refractivity (Wildman–Crippen MR) is 146 cm³/mol. The fourth-order valence-electron chi connectivity index (χ4n) is 3.09. The van der Waals surface area contributed by atoms with Gasteiger partial charge in [-0.3, -0.25) is 0 Å². The van der Waals surface area contributed by atoms with Crippen molar-refractivity contribution in [2.75, 3.05) is 19.7 Å². The molecule has 3 atom stereocenters. The molecular weight excluding hydrogens is 582 g/mol. The van der Waals surface area contributed by atoms with Crippen molar-refractivity contribution < 1.29 is 40.2 Å². The Balaban J connectivity index is 0.000000603. The first kappa shape index (κ1) is 35.3. The standard InChI is InChI=1S/C18H24F4N3O2PS.C8H7F3/c1-2-12(18(20,21)22)5-6-25-9-14(24)16(29)10-26-13-4-3-11(8-23)15(7-13)27-17(19)28;1-6-2-4-7(5-3-6)8(9,10)11/h3-4,7,12,17,25,29H,2,5-6,9-10,24,28H2,1H3;2-5H,1H3/b16-14-;. The largest absolute Gasteiger partial charge is 0.488 e. The van der Waals surface area contributed by atoms with Gasteiger partial charge in [0.2, 0.25) is 6.10 Å². The van der Waals surface area contributed by atoms with Crippen LogP contribution in [0.15, 0.2) is 53.1 Å². The zero-order chi connectivity index (χ0) is 30.5. The summed E-state index contributed by atoms with van der Waals surface area (Å²) in [6.45, 7) is 3.57. The summed E-state index contributed by atoms with van der Waals surface area (Å²) in [5.41, 5.74) is 6.59. The zero-order valence-electron chi connectivity index (χ0n) is 21.7. The second-order valence-electron chi connectivity index (χ2n) is 8.48. The Hall–Kier alpha value is -2.68. The second kappa shape index (κ2) is 16.6. The number of benzene rings is 2. The van der Waals surface area contributed by atoms with Crippen LogP contribution in [0.3, 0.4) is 0 Å². The minimum Gasteiger partial charge on any atom is -0.488 e. The van der Waals surface area contributed by atoms with Crippen LogP contribution in [0, 0.1) is 24.2 Å². The molecule has 40 heavy (non-hydrogen) atoms. The molecule has 0 aliphatic rings. The van der Waals surface area contributed by atoms with Crippen LogP contribution >= 0.6 is 21.9 Å². The van der Waals surface area contributed by atoms with E-state index in [1.54, 1.807) is 6.92 Å². The third-order valence-corrected chi connectivity index (χ3v) is 5.93. The number of alkyl halides is 7. The number of ether oxygens (including phenoxy) is 2. The first-order valence-corrected chi connectivity index (χ1v) is 13.0. The van der Waals surface area contributed by atoms with Crippen LogP contribution in [-0.2, 0) is 6.18 Å². The maximum Gasteiger partial charge on any atom is 0.416 e. The van der Waals surface area contributed by atoms with Gasteiger partial charge in [0.1, 0.15) is 24.2 Å². The van der Waals surface area contributed by atoms with Gasteiger partial charge in [0, 0.05) is 23.2 Å². The van der Waals surface area contributed by atoms with Crippen molar-refractivity contribution in [1.82, 2.24) is 5.32 Å². The van der Waals surface area contributed by atoms with Gasteiger partial charge in [0.05, 0.1) is 17.0 Å². The summed E-state index contributed by atoms with van der Waals surface area (Å²) in [6.07, 6.45) is -10.1. The van der Waals surface area contributed by atoms with Crippen LogP contribution < -0.4 is 20.5 Å². The monoisotopic (exact) mass is 613 g/mol. The predicted octanol–water partition coefficient (Wildman–Crippen LogP) is 7.13. The van der Waals surface area contributed by atoms with E-state index in [-0.39, 0.29) is 43.9 Å². The van der Waals surface area contributed by atoms with E-state index in [0.29, 0.717) is 16.4 Å². The topological polar surface area (TPSA) is 80.3 Å². The molecule has 2 aromatic rings. The summed E-state index contributed by atoms with van der Waals surface area (Å²) in [4.78, 5) is 0.390. The van der Waals surface area contributed by atoms with Crippen LogP contribution in [0.5, 0.6) is 11.5 Å². The van der Waals surface area contributed by atoms with E-state index in [4.69, 9.17) is 20.5 Å². The normalized spacial score (nSPS) is 13.8. The lowest BCUT2D eigenvalue weighted by molar-refractivity contribution is -0.176. The van der Waals surface area contributed by atoms with Crippen LogP contribution in [0.2, 0.25) is 0 Å². The van der Waals surface area contributed by atoms with Crippen LogP contribution in [0.4, 0.5) is 30.7 Å². The first-order valence-electron chi connectivity index (χ1n) is 11.9. The molecule has 0 spiro atoms. The van der Waals surface area contributed by atoms with Gasteiger partial charge in [-0.05, 0) is 50.6 Å². The summed E-state index contributed by atoms with van der Waals surface area (Å²) in [6, 6.07) is 11.2. The fraction of sp³-hybridized carbons (Fsp3) is 0.423. The highest BCUT2D eigenvalue weighted by Crippen LogP contribution is 2.31. The number of hydrogen-bond donors (Lipinski definition) is 3. The maximum absolute atomic E-state index is 13.0. The summed E-state index contributed by atoms with van der Waals surface area (Å²) in [5.74, 6) is -1.01. The molecule has 14 heteroatoms. The van der Waals surface area contributed by atoms with E-state index in [1.807, 2.05) is 15.3 Å². The number of aryl methyl sites for hydroxylation is 1. The van der Waals surface area contributed by atoms with Crippen LogP contribution in [0.1, 0.15) is 36.5 Å². The van der Waals surface area contributed by atoms with E-state index < -0.39 is 29.9 Å². The molecule has 0 amide bonds. The zero-order valence-corrected chi connectivity index (χ0v) is 23.8. The number of halogens is 7. The average Bonchev–Trinajstić information content (AvgIpc) is 2.86. The van der Waals surface area contributed by atoms with Crippen molar-refractivity contribution in [2.45, 2.75) is 45.1 Å². The van der Waals surface area contributed by atoms with Crippen molar-refractivity contribution in [2.24, 2.45) is 11.7 Å². The Kier molecular flexibility index (Phi) is 14.6. The third-order valence-electron chi connectivity index (χ3n) is 5.38. The molecule has 2 rings (SSSR count). The molecular formula is C26H31F7N3O2PS. The quantitative estimate of drug-likeness (QED) is 0.109. The summed E-state index contributed by atoms with van der Waals surface area (Å²) >= 11 is 4.25. The number of rotatable bonds is 11. The minimum absolute atomic E-state index is 0.0119. The van der Waals surface area contributed by atoms with E-state index in [1.165, 1.54) is 37.3 Å². The highest BCUT2D eigenvalue weighted by molar-refractivity contribution is 7.84. The second-order valence-corrected chi connectivity index (χ2v) is 9.54. The van der Waals surface area contributed by atoms with Crippen molar-refractivity contribution in [1.29, 1.82) is 5.26 Å². The average molecular weight is 614 g/mol. The van der Waals surface area contributed by atoms with Gasteiger partial charge in [-0.15, -0.1) is 12.6 Å². The SMILES string of the molecule is CCC(CCNC/C(N)=C(/S)COc1ccc(C#N)c(OC(F)P)c1)C(F)(F)F.Cc1ccc(C(F)(F)F)cc1. The van der Waals surface area contributed by atoms with Gasteiger partial charge >= 0.3 is 12.4 Å². The highest BCUT2D eigenvalue weighted by atomic mass is 32.1. The molecule has 0 aliphatic heterocycles. The summed E-state index contributed by atoms with van der Waals surface area (Å²) in [5, 5.41) is 11.9. The number of nitrogens with zero attached hydrogens (tertiary/aromatic N) is 1. The van der Waals surface area contributed by atoms with E-state index in [9.17, 15) is 30.7 Å². The Morgan fingerprint density at radius 2 is 1.75 bits per heavy atom. The fourth-order valence-corrected chi connectivity index (χ4v) is 3.38. The van der Waals surface area contributed by atoms with Gasteiger partial charge in [0.25, 0.3) is 0 Å². The lowest BCUT2D eigenvalue weighted by atomic mass is 10.0. The molecule has 0 bridgehead atoms. The summed E-state index contributed by atoms with van der Waals surface area (Å²) in [7, 11) is 1.81. The molecule has 222 valence electrons. The lowest BCUT2D eigenvalue weighted by Gasteiger charge is -2.18. The van der Waals surface area contributed by atoms with Gasteiger partial charge in [0.15, 0.2) is 0 Å². The lowest BCUT2D eigenvalue weighted by Crippen LogP contribution is -2.29. The maximum atomic E-state index is 13.0. The number of nitrogens with one attached hydrogen (secondary N) is 1. The molecule has 3 unspecified atom stereocenters. The molecule has 0 fully saturated rings. The highest BCUT2D eigenvalue weighted by Gasteiger charge is 2.37. The Morgan fingerprint density at radius 1 is 1.12 bits per heavy atom. The molecule has 0 aromatic heterocycles. The first-order chi connectivity index (χ1) is 18.6. The number of hydrogen-bond acceptors (Lipinski definition) is 6. The number of nitriles is 1. The molecule has 0 heterocycles. The molecule has 0 saturated heterocycles.